The van der Waals surface area contributed by atoms with Gasteiger partial charge in [0.2, 0.25) is 0 Å². The first kappa shape index (κ1) is 14.1. The van der Waals surface area contributed by atoms with E-state index in [9.17, 15) is 22.8 Å². The molecule has 1 aliphatic carbocycles. The number of carbonyl (C=O) groups is 2. The van der Waals surface area contributed by atoms with Crippen LogP contribution in [-0.4, -0.2) is 11.6 Å². The Kier molecular flexibility index (Phi) is 3.67. The molecule has 0 saturated heterocycles. The summed E-state index contributed by atoms with van der Waals surface area (Å²) in [6.45, 7) is 0. The average Bonchev–Trinajstić information content (AvgIpc) is 2.26. The molecule has 0 bridgehead atoms. The molecule has 1 aromatic carbocycles. The maximum atomic E-state index is 12.7. The molecule has 102 valence electrons. The molecule has 0 heterocycles. The Bertz CT molecular complexity index is 521. The number of Topliss-reactive ketones (excluding diaryl/α,β-unsaturated/α-hetero) is 2. The van der Waals surface area contributed by atoms with E-state index in [4.69, 9.17) is 11.6 Å². The first-order valence-corrected chi connectivity index (χ1v) is 6.05. The fourth-order valence-electron chi connectivity index (χ4n) is 2.24. The third kappa shape index (κ3) is 3.15. The molecule has 1 saturated carbocycles. The third-order valence-electron chi connectivity index (χ3n) is 3.11. The van der Waals surface area contributed by atoms with Crippen LogP contribution in [0.3, 0.4) is 0 Å². The lowest BCUT2D eigenvalue weighted by Gasteiger charge is -2.21. The molecule has 0 aromatic heterocycles. The molecule has 0 N–H and O–H groups in total. The van der Waals surface area contributed by atoms with Crippen molar-refractivity contribution in [3.05, 3.63) is 34.3 Å². The van der Waals surface area contributed by atoms with Gasteiger partial charge in [0.05, 0.1) is 17.0 Å². The molecule has 1 aromatic rings. The SMILES string of the molecule is O=C1CC(=O)CC(c2ccc(Cl)c(C(F)(F)F)c2)C1. The predicted molar refractivity (Wildman–Crippen MR) is 63.1 cm³/mol. The molecule has 0 radical (unpaired) electrons. The smallest absolute Gasteiger partial charge is 0.299 e. The number of hydrogen-bond acceptors (Lipinski definition) is 2. The Hall–Kier alpha value is -1.36. The van der Waals surface area contributed by atoms with Crippen LogP contribution in [0.5, 0.6) is 0 Å². The first-order valence-electron chi connectivity index (χ1n) is 5.67. The zero-order valence-corrected chi connectivity index (χ0v) is 10.5. The van der Waals surface area contributed by atoms with Gasteiger partial charge in [0.15, 0.2) is 0 Å². The second-order valence-electron chi connectivity index (χ2n) is 4.60. The van der Waals surface area contributed by atoms with Crippen molar-refractivity contribution in [2.24, 2.45) is 0 Å². The normalized spacial score (nSPS) is 17.9. The van der Waals surface area contributed by atoms with Crippen molar-refractivity contribution in [3.63, 3.8) is 0 Å². The van der Waals surface area contributed by atoms with Gasteiger partial charge >= 0.3 is 6.18 Å². The van der Waals surface area contributed by atoms with Gasteiger partial charge in [-0.15, -0.1) is 0 Å². The van der Waals surface area contributed by atoms with E-state index in [1.807, 2.05) is 0 Å². The van der Waals surface area contributed by atoms with Crippen LogP contribution >= 0.6 is 11.6 Å². The lowest BCUT2D eigenvalue weighted by Crippen LogP contribution is -2.21. The van der Waals surface area contributed by atoms with E-state index in [-0.39, 0.29) is 35.9 Å². The highest BCUT2D eigenvalue weighted by Gasteiger charge is 2.35. The van der Waals surface area contributed by atoms with Crippen LogP contribution in [-0.2, 0) is 15.8 Å². The molecule has 1 aliphatic rings. The summed E-state index contributed by atoms with van der Waals surface area (Å²) in [5.74, 6) is -0.943. The zero-order valence-electron chi connectivity index (χ0n) is 9.76. The van der Waals surface area contributed by atoms with E-state index in [2.05, 4.69) is 0 Å². The number of hydrogen-bond donors (Lipinski definition) is 0. The molecule has 0 aliphatic heterocycles. The summed E-state index contributed by atoms with van der Waals surface area (Å²) in [7, 11) is 0. The summed E-state index contributed by atoms with van der Waals surface area (Å²) in [4.78, 5) is 22.7. The van der Waals surface area contributed by atoms with Crippen molar-refractivity contribution in [1.29, 1.82) is 0 Å². The highest BCUT2D eigenvalue weighted by atomic mass is 35.5. The van der Waals surface area contributed by atoms with Gasteiger partial charge in [0, 0.05) is 12.8 Å². The number of carbonyl (C=O) groups excluding carboxylic acids is 2. The second-order valence-corrected chi connectivity index (χ2v) is 5.00. The minimum atomic E-state index is -4.55. The van der Waals surface area contributed by atoms with E-state index >= 15 is 0 Å². The number of benzene rings is 1. The summed E-state index contributed by atoms with van der Waals surface area (Å²) in [5.41, 5.74) is -0.602. The van der Waals surface area contributed by atoms with Gasteiger partial charge in [-0.3, -0.25) is 9.59 Å². The van der Waals surface area contributed by atoms with Crippen molar-refractivity contribution in [1.82, 2.24) is 0 Å². The van der Waals surface area contributed by atoms with E-state index in [1.165, 1.54) is 6.07 Å². The molecule has 2 rings (SSSR count). The largest absolute Gasteiger partial charge is 0.417 e. The van der Waals surface area contributed by atoms with Crippen LogP contribution in [0.4, 0.5) is 13.2 Å². The zero-order chi connectivity index (χ0) is 14.2. The predicted octanol–water partition coefficient (Wildman–Crippen LogP) is 3.76. The highest BCUT2D eigenvalue weighted by molar-refractivity contribution is 6.31. The Balaban J connectivity index is 2.36. The average molecular weight is 291 g/mol. The molecule has 0 unspecified atom stereocenters. The summed E-state index contributed by atoms with van der Waals surface area (Å²) in [6, 6.07) is 3.52. The van der Waals surface area contributed by atoms with Crippen molar-refractivity contribution >= 4 is 23.2 Å². The molecule has 19 heavy (non-hydrogen) atoms. The van der Waals surface area contributed by atoms with E-state index in [0.717, 1.165) is 12.1 Å². The third-order valence-corrected chi connectivity index (χ3v) is 3.44. The maximum Gasteiger partial charge on any atom is 0.417 e. The van der Waals surface area contributed by atoms with Crippen molar-refractivity contribution in [3.8, 4) is 0 Å². The highest BCUT2D eigenvalue weighted by Crippen LogP contribution is 2.38. The molecular weight excluding hydrogens is 281 g/mol. The van der Waals surface area contributed by atoms with Gasteiger partial charge in [-0.2, -0.15) is 13.2 Å². The van der Waals surface area contributed by atoms with Crippen LogP contribution in [0.1, 0.15) is 36.3 Å². The van der Waals surface area contributed by atoms with E-state index in [1.54, 1.807) is 0 Å². The van der Waals surface area contributed by atoms with Crippen molar-refractivity contribution < 1.29 is 22.8 Å². The van der Waals surface area contributed by atoms with Crippen LogP contribution in [0.25, 0.3) is 0 Å². The van der Waals surface area contributed by atoms with Crippen LogP contribution in [0.2, 0.25) is 5.02 Å². The van der Waals surface area contributed by atoms with Gasteiger partial charge in [-0.05, 0) is 23.6 Å². The van der Waals surface area contributed by atoms with Gasteiger partial charge in [-0.25, -0.2) is 0 Å². The Morgan fingerprint density at radius 2 is 1.68 bits per heavy atom. The molecular formula is C13H10ClF3O2. The van der Waals surface area contributed by atoms with Crippen LogP contribution in [0.15, 0.2) is 18.2 Å². The Morgan fingerprint density at radius 3 is 2.21 bits per heavy atom. The van der Waals surface area contributed by atoms with Gasteiger partial charge in [0.25, 0.3) is 0 Å². The fraction of sp³-hybridized carbons (Fsp3) is 0.385. The van der Waals surface area contributed by atoms with E-state index < -0.39 is 17.7 Å². The summed E-state index contributed by atoms with van der Waals surface area (Å²) in [6.07, 6.45) is -4.46. The fourth-order valence-corrected chi connectivity index (χ4v) is 2.46. The number of rotatable bonds is 1. The van der Waals surface area contributed by atoms with Gasteiger partial charge in [-0.1, -0.05) is 17.7 Å². The summed E-state index contributed by atoms with van der Waals surface area (Å²) < 4.78 is 38.2. The minimum absolute atomic E-state index is 0.102. The molecule has 0 atom stereocenters. The Labute approximate surface area is 112 Å². The van der Waals surface area contributed by atoms with Crippen LogP contribution in [0, 0.1) is 0 Å². The lowest BCUT2D eigenvalue weighted by atomic mass is 9.82. The molecule has 1 fully saturated rings. The van der Waals surface area contributed by atoms with Crippen molar-refractivity contribution in [2.45, 2.75) is 31.4 Å². The van der Waals surface area contributed by atoms with Crippen molar-refractivity contribution in [2.75, 3.05) is 0 Å². The second kappa shape index (κ2) is 4.96. The molecule has 6 heteroatoms. The van der Waals surface area contributed by atoms with Gasteiger partial charge in [0.1, 0.15) is 11.6 Å². The van der Waals surface area contributed by atoms with Gasteiger partial charge < -0.3 is 0 Å². The minimum Gasteiger partial charge on any atom is -0.299 e. The monoisotopic (exact) mass is 290 g/mol. The quantitative estimate of drug-likeness (QED) is 0.738. The van der Waals surface area contributed by atoms with Crippen LogP contribution < -0.4 is 0 Å². The number of ketones is 2. The molecule has 0 amide bonds. The first-order chi connectivity index (χ1) is 8.77. The molecule has 0 spiro atoms. The summed E-state index contributed by atoms with van der Waals surface area (Å²) >= 11 is 5.52. The maximum absolute atomic E-state index is 12.7. The Morgan fingerprint density at radius 1 is 1.11 bits per heavy atom. The number of halogens is 4. The summed E-state index contributed by atoms with van der Waals surface area (Å²) in [5, 5.41) is -0.385. The topological polar surface area (TPSA) is 34.1 Å². The van der Waals surface area contributed by atoms with E-state index in [0.29, 0.717) is 5.56 Å². The molecule has 2 nitrogen and oxygen atoms in total. The number of alkyl halides is 3. The lowest BCUT2D eigenvalue weighted by molar-refractivity contribution is -0.137. The standard InChI is InChI=1S/C13H10ClF3O2/c14-12-2-1-7(5-11(12)13(15,16)17)8-3-9(18)6-10(19)4-8/h1-2,5,8H,3-4,6H2.